The van der Waals surface area contributed by atoms with Crippen LogP contribution in [0.25, 0.3) is 0 Å². The first-order valence-corrected chi connectivity index (χ1v) is 7.84. The molecule has 1 N–H and O–H groups in total. The molecule has 4 nitrogen and oxygen atoms in total. The summed E-state index contributed by atoms with van der Waals surface area (Å²) in [5, 5.41) is 10.1. The Morgan fingerprint density at radius 1 is 1.41 bits per heavy atom. The number of benzene rings is 1. The average molecular weight is 307 g/mol. The molecule has 0 fully saturated rings. The van der Waals surface area contributed by atoms with Gasteiger partial charge in [-0.15, -0.1) is 6.58 Å². The van der Waals surface area contributed by atoms with Crippen LogP contribution in [0.3, 0.4) is 0 Å². The Balaban J connectivity index is 2.65. The Hall–Kier alpha value is -1.36. The zero-order chi connectivity index (χ0) is 16.4. The molecule has 0 bridgehead atoms. The lowest BCUT2D eigenvalue weighted by Crippen LogP contribution is -2.39. The molecule has 1 rings (SSSR count). The van der Waals surface area contributed by atoms with Gasteiger partial charge in [-0.3, -0.25) is 4.90 Å². The van der Waals surface area contributed by atoms with Crippen LogP contribution in [0.4, 0.5) is 0 Å². The summed E-state index contributed by atoms with van der Waals surface area (Å²) in [4.78, 5) is 2.27. The molecule has 0 aromatic heterocycles. The van der Waals surface area contributed by atoms with Gasteiger partial charge in [0.05, 0.1) is 26.4 Å². The Morgan fingerprint density at radius 2 is 2.18 bits per heavy atom. The highest BCUT2D eigenvalue weighted by molar-refractivity contribution is 5.28. The molecule has 124 valence electrons. The maximum atomic E-state index is 10.1. The van der Waals surface area contributed by atoms with E-state index in [1.54, 1.807) is 13.2 Å². The summed E-state index contributed by atoms with van der Waals surface area (Å²) in [5.41, 5.74) is 1.18. The smallest absolute Gasteiger partial charge is 0.119 e. The minimum Gasteiger partial charge on any atom is -0.497 e. The third-order valence-electron chi connectivity index (χ3n) is 3.73. The molecule has 1 aromatic carbocycles. The minimum absolute atomic E-state index is 0.330. The SMILES string of the molecule is C=CCOC[C@@H](O)CN(Cc1cccc(OC)c1)[C@@H](C)CC. The van der Waals surface area contributed by atoms with Gasteiger partial charge < -0.3 is 14.6 Å². The molecule has 2 atom stereocenters. The van der Waals surface area contributed by atoms with Gasteiger partial charge in [-0.1, -0.05) is 25.1 Å². The first kappa shape index (κ1) is 18.7. The van der Waals surface area contributed by atoms with Crippen molar-refractivity contribution in [1.82, 2.24) is 4.90 Å². The van der Waals surface area contributed by atoms with Gasteiger partial charge in [0.2, 0.25) is 0 Å². The van der Waals surface area contributed by atoms with Crippen LogP contribution < -0.4 is 4.74 Å². The van der Waals surface area contributed by atoms with E-state index in [2.05, 4.69) is 31.4 Å². The second-order valence-corrected chi connectivity index (χ2v) is 5.52. The van der Waals surface area contributed by atoms with Gasteiger partial charge >= 0.3 is 0 Å². The van der Waals surface area contributed by atoms with Gasteiger partial charge in [-0.05, 0) is 31.0 Å². The monoisotopic (exact) mass is 307 g/mol. The van der Waals surface area contributed by atoms with Gasteiger partial charge in [-0.25, -0.2) is 0 Å². The van der Waals surface area contributed by atoms with Crippen LogP contribution in [0.5, 0.6) is 5.75 Å². The highest BCUT2D eigenvalue weighted by Gasteiger charge is 2.17. The maximum absolute atomic E-state index is 10.1. The van der Waals surface area contributed by atoms with Crippen LogP contribution in [-0.2, 0) is 11.3 Å². The summed E-state index contributed by atoms with van der Waals surface area (Å²) in [5.74, 6) is 0.858. The van der Waals surface area contributed by atoms with Gasteiger partial charge in [0.1, 0.15) is 5.75 Å². The molecule has 0 aliphatic carbocycles. The van der Waals surface area contributed by atoms with Crippen LogP contribution in [0, 0.1) is 0 Å². The molecule has 0 spiro atoms. The summed E-state index contributed by atoms with van der Waals surface area (Å²) in [7, 11) is 1.67. The highest BCUT2D eigenvalue weighted by atomic mass is 16.5. The van der Waals surface area contributed by atoms with Crippen LogP contribution in [0.15, 0.2) is 36.9 Å². The number of aliphatic hydroxyl groups is 1. The summed E-state index contributed by atoms with van der Waals surface area (Å²) in [6, 6.07) is 8.44. The van der Waals surface area contributed by atoms with Crippen LogP contribution in [-0.4, -0.2) is 49.0 Å². The van der Waals surface area contributed by atoms with Crippen molar-refractivity contribution in [3.63, 3.8) is 0 Å². The molecule has 1 aromatic rings. The third-order valence-corrected chi connectivity index (χ3v) is 3.73. The van der Waals surface area contributed by atoms with Crippen molar-refractivity contribution >= 4 is 0 Å². The van der Waals surface area contributed by atoms with Crippen LogP contribution >= 0.6 is 0 Å². The topological polar surface area (TPSA) is 41.9 Å². The van der Waals surface area contributed by atoms with E-state index in [1.165, 1.54) is 5.56 Å². The van der Waals surface area contributed by atoms with E-state index in [0.29, 0.717) is 25.8 Å². The summed E-state index contributed by atoms with van der Waals surface area (Å²) in [6.45, 7) is 10.1. The minimum atomic E-state index is -0.500. The number of hydrogen-bond acceptors (Lipinski definition) is 4. The third kappa shape index (κ3) is 6.60. The summed E-state index contributed by atoms with van der Waals surface area (Å²) >= 11 is 0. The van der Waals surface area contributed by atoms with E-state index >= 15 is 0 Å². The molecule has 0 saturated heterocycles. The second kappa shape index (κ2) is 10.4. The molecular formula is C18H29NO3. The fraction of sp³-hybridized carbons (Fsp3) is 0.556. The van der Waals surface area contributed by atoms with Crippen molar-refractivity contribution in [3.05, 3.63) is 42.5 Å². The van der Waals surface area contributed by atoms with E-state index < -0.39 is 6.10 Å². The zero-order valence-electron chi connectivity index (χ0n) is 14.0. The molecule has 0 saturated carbocycles. The lowest BCUT2D eigenvalue weighted by Gasteiger charge is -2.30. The van der Waals surface area contributed by atoms with E-state index in [1.807, 2.05) is 18.2 Å². The fourth-order valence-electron chi connectivity index (χ4n) is 2.27. The predicted molar refractivity (Wildman–Crippen MR) is 90.2 cm³/mol. The number of hydrogen-bond donors (Lipinski definition) is 1. The highest BCUT2D eigenvalue weighted by Crippen LogP contribution is 2.16. The standard InChI is InChI=1S/C18H29NO3/c1-5-10-22-14-17(20)13-19(15(3)6-2)12-16-8-7-9-18(11-16)21-4/h5,7-9,11,15,17,20H,1,6,10,12-14H2,2-4H3/t15-,17-/m0/s1. The fourth-order valence-corrected chi connectivity index (χ4v) is 2.27. The molecule has 0 unspecified atom stereocenters. The van der Waals surface area contributed by atoms with Crippen LogP contribution in [0.2, 0.25) is 0 Å². The lowest BCUT2D eigenvalue weighted by molar-refractivity contribution is 0.0157. The number of methoxy groups -OCH3 is 1. The van der Waals surface area contributed by atoms with Crippen molar-refractivity contribution in [1.29, 1.82) is 0 Å². The molecule has 0 amide bonds. The molecular weight excluding hydrogens is 278 g/mol. The Bertz CT molecular complexity index is 436. The van der Waals surface area contributed by atoms with Crippen molar-refractivity contribution < 1.29 is 14.6 Å². The Labute approximate surface area is 134 Å². The average Bonchev–Trinajstić information content (AvgIpc) is 2.54. The molecule has 4 heteroatoms. The second-order valence-electron chi connectivity index (χ2n) is 5.52. The number of nitrogens with zero attached hydrogens (tertiary/aromatic N) is 1. The van der Waals surface area contributed by atoms with Gasteiger partial charge in [-0.2, -0.15) is 0 Å². The van der Waals surface area contributed by atoms with Crippen molar-refractivity contribution in [2.24, 2.45) is 0 Å². The lowest BCUT2D eigenvalue weighted by atomic mass is 10.1. The largest absolute Gasteiger partial charge is 0.497 e. The van der Waals surface area contributed by atoms with E-state index in [0.717, 1.165) is 18.7 Å². The van der Waals surface area contributed by atoms with Crippen LogP contribution in [0.1, 0.15) is 25.8 Å². The van der Waals surface area contributed by atoms with E-state index in [4.69, 9.17) is 9.47 Å². The molecule has 0 aliphatic rings. The summed E-state index contributed by atoms with van der Waals surface area (Å²) in [6.07, 6.45) is 2.22. The summed E-state index contributed by atoms with van der Waals surface area (Å²) < 4.78 is 10.6. The van der Waals surface area contributed by atoms with Gasteiger partial charge in [0, 0.05) is 19.1 Å². The molecule has 22 heavy (non-hydrogen) atoms. The number of ether oxygens (including phenoxy) is 2. The van der Waals surface area contributed by atoms with Crippen molar-refractivity contribution in [3.8, 4) is 5.75 Å². The van der Waals surface area contributed by atoms with E-state index in [-0.39, 0.29) is 0 Å². The Morgan fingerprint density at radius 3 is 2.82 bits per heavy atom. The first-order valence-electron chi connectivity index (χ1n) is 7.84. The van der Waals surface area contributed by atoms with Gasteiger partial charge in [0.15, 0.2) is 0 Å². The molecule has 0 radical (unpaired) electrons. The number of aliphatic hydroxyl groups excluding tert-OH is 1. The molecule has 0 aliphatic heterocycles. The van der Waals surface area contributed by atoms with Crippen molar-refractivity contribution in [2.75, 3.05) is 26.9 Å². The first-order chi connectivity index (χ1) is 10.6. The predicted octanol–water partition coefficient (Wildman–Crippen LogP) is 2.86. The van der Waals surface area contributed by atoms with Crippen molar-refractivity contribution in [2.45, 2.75) is 39.0 Å². The normalized spacial score (nSPS) is 13.9. The number of rotatable bonds is 11. The molecule has 0 heterocycles. The van der Waals surface area contributed by atoms with Gasteiger partial charge in [0.25, 0.3) is 0 Å². The van der Waals surface area contributed by atoms with E-state index in [9.17, 15) is 5.11 Å². The Kier molecular flexibility index (Phi) is 8.82. The quantitative estimate of drug-likeness (QED) is 0.504. The maximum Gasteiger partial charge on any atom is 0.119 e. The zero-order valence-corrected chi connectivity index (χ0v) is 14.0.